The molecule has 0 unspecified atom stereocenters. The van der Waals surface area contributed by atoms with Crippen molar-refractivity contribution in [3.8, 4) is 28.8 Å². The van der Waals surface area contributed by atoms with E-state index in [1.165, 1.54) is 0 Å². The minimum atomic E-state index is -1.02. The van der Waals surface area contributed by atoms with E-state index in [0.29, 0.717) is 16.7 Å². The van der Waals surface area contributed by atoms with E-state index >= 15 is 0 Å². The van der Waals surface area contributed by atoms with Gasteiger partial charge in [-0.05, 0) is 23.8 Å². The van der Waals surface area contributed by atoms with Crippen LogP contribution in [0.4, 0.5) is 0 Å². The van der Waals surface area contributed by atoms with E-state index in [-0.39, 0.29) is 18.2 Å². The van der Waals surface area contributed by atoms with E-state index < -0.39 is 12.7 Å². The van der Waals surface area contributed by atoms with Crippen molar-refractivity contribution in [2.75, 3.05) is 20.3 Å². The van der Waals surface area contributed by atoms with Crippen molar-refractivity contribution in [1.29, 1.82) is 5.26 Å². The van der Waals surface area contributed by atoms with Crippen molar-refractivity contribution in [3.63, 3.8) is 0 Å². The van der Waals surface area contributed by atoms with Crippen LogP contribution < -0.4 is 9.47 Å². The Labute approximate surface area is 150 Å². The highest BCUT2D eigenvalue weighted by Crippen LogP contribution is 2.37. The maximum absolute atomic E-state index is 9.63. The van der Waals surface area contributed by atoms with Crippen LogP contribution >= 0.6 is 0 Å². The van der Waals surface area contributed by atoms with Crippen LogP contribution in [-0.2, 0) is 0 Å². The maximum Gasteiger partial charge on any atom is 0.222 e. The predicted molar refractivity (Wildman–Crippen MR) is 97.0 cm³/mol. The molecule has 0 fully saturated rings. The fraction of sp³-hybridized carbons (Fsp3) is 0.200. The Morgan fingerprint density at radius 3 is 2.58 bits per heavy atom. The Hall–Kier alpha value is -3.14. The molecular formula is C20H18N2O4. The smallest absolute Gasteiger partial charge is 0.222 e. The van der Waals surface area contributed by atoms with E-state index in [1.54, 1.807) is 19.2 Å². The molecule has 2 aromatic carbocycles. The number of rotatable bonds is 6. The number of nitrogens with zero attached hydrogens (tertiary/aromatic N) is 2. The number of pyridine rings is 1. The van der Waals surface area contributed by atoms with Gasteiger partial charge in [-0.1, -0.05) is 30.3 Å². The average molecular weight is 350 g/mol. The SMILES string of the molecule is COc1ccc2c(OC[C@@H](O)CO)nc(C#N)c(-c3ccccc3)c2c1. The van der Waals surface area contributed by atoms with Crippen LogP contribution in [-0.4, -0.2) is 41.6 Å². The Balaban J connectivity index is 2.24. The number of hydrogen-bond donors (Lipinski definition) is 2. The summed E-state index contributed by atoms with van der Waals surface area (Å²) in [6.45, 7) is -0.543. The first-order valence-electron chi connectivity index (χ1n) is 8.07. The fourth-order valence-corrected chi connectivity index (χ4v) is 2.70. The summed E-state index contributed by atoms with van der Waals surface area (Å²) >= 11 is 0. The van der Waals surface area contributed by atoms with Crippen LogP contribution in [0.2, 0.25) is 0 Å². The lowest BCUT2D eigenvalue weighted by molar-refractivity contribution is 0.0526. The number of aliphatic hydroxyl groups excluding tert-OH is 2. The molecule has 1 atom stereocenters. The topological polar surface area (TPSA) is 95.6 Å². The number of nitriles is 1. The van der Waals surface area contributed by atoms with Gasteiger partial charge < -0.3 is 19.7 Å². The van der Waals surface area contributed by atoms with Crippen LogP contribution in [0.15, 0.2) is 48.5 Å². The third kappa shape index (κ3) is 3.45. The number of fused-ring (bicyclic) bond motifs is 1. The first-order valence-corrected chi connectivity index (χ1v) is 8.07. The molecule has 0 bridgehead atoms. The second kappa shape index (κ2) is 7.83. The summed E-state index contributed by atoms with van der Waals surface area (Å²) in [6.07, 6.45) is -1.02. The van der Waals surface area contributed by atoms with Gasteiger partial charge in [0, 0.05) is 16.3 Å². The van der Waals surface area contributed by atoms with Crippen LogP contribution in [0, 0.1) is 11.3 Å². The van der Waals surface area contributed by atoms with Crippen molar-refractivity contribution in [2.24, 2.45) is 0 Å². The van der Waals surface area contributed by atoms with Gasteiger partial charge in [0.1, 0.15) is 24.5 Å². The summed E-state index contributed by atoms with van der Waals surface area (Å²) in [5.74, 6) is 0.873. The van der Waals surface area contributed by atoms with E-state index in [0.717, 1.165) is 10.9 Å². The van der Waals surface area contributed by atoms with E-state index in [2.05, 4.69) is 11.1 Å². The zero-order valence-corrected chi connectivity index (χ0v) is 14.2. The third-order valence-electron chi connectivity index (χ3n) is 3.97. The largest absolute Gasteiger partial charge is 0.497 e. The van der Waals surface area contributed by atoms with Crippen LogP contribution in [0.3, 0.4) is 0 Å². The molecule has 1 aromatic heterocycles. The predicted octanol–water partition coefficient (Wildman–Crippen LogP) is 2.51. The molecule has 6 nitrogen and oxygen atoms in total. The number of benzene rings is 2. The molecule has 3 aromatic rings. The van der Waals surface area contributed by atoms with Crippen molar-refractivity contribution in [2.45, 2.75) is 6.10 Å². The lowest BCUT2D eigenvalue weighted by Crippen LogP contribution is -2.21. The van der Waals surface area contributed by atoms with Crippen molar-refractivity contribution in [1.82, 2.24) is 4.98 Å². The van der Waals surface area contributed by atoms with E-state index in [1.807, 2.05) is 36.4 Å². The van der Waals surface area contributed by atoms with Gasteiger partial charge in [-0.2, -0.15) is 5.26 Å². The zero-order valence-electron chi connectivity index (χ0n) is 14.2. The maximum atomic E-state index is 9.63. The zero-order chi connectivity index (χ0) is 18.5. The Bertz CT molecular complexity index is 951. The summed E-state index contributed by atoms with van der Waals surface area (Å²) in [5.41, 5.74) is 1.76. The summed E-state index contributed by atoms with van der Waals surface area (Å²) in [7, 11) is 1.57. The van der Waals surface area contributed by atoms with Gasteiger partial charge in [-0.25, -0.2) is 4.98 Å². The summed E-state index contributed by atoms with van der Waals surface area (Å²) in [4.78, 5) is 4.34. The summed E-state index contributed by atoms with van der Waals surface area (Å²) in [5, 5.41) is 29.6. The standard InChI is InChI=1S/C20H18N2O4/c1-25-15-7-8-16-17(9-15)19(13-5-3-2-4-6-13)18(10-21)22-20(16)26-12-14(24)11-23/h2-9,14,23-24H,11-12H2,1H3/t14-/m0/s1. The lowest BCUT2D eigenvalue weighted by Gasteiger charge is -2.15. The monoisotopic (exact) mass is 350 g/mol. The van der Waals surface area contributed by atoms with Gasteiger partial charge in [0.25, 0.3) is 0 Å². The second-order valence-electron chi connectivity index (χ2n) is 5.68. The molecule has 0 saturated carbocycles. The minimum Gasteiger partial charge on any atom is -0.497 e. The number of hydrogen-bond acceptors (Lipinski definition) is 6. The average Bonchev–Trinajstić information content (AvgIpc) is 2.71. The molecule has 0 aliphatic heterocycles. The molecule has 6 heteroatoms. The number of ether oxygens (including phenoxy) is 2. The van der Waals surface area contributed by atoms with E-state index in [4.69, 9.17) is 14.6 Å². The molecule has 1 heterocycles. The molecule has 0 amide bonds. The molecule has 0 aliphatic rings. The van der Waals surface area contributed by atoms with Gasteiger partial charge in [-0.15, -0.1) is 0 Å². The van der Waals surface area contributed by atoms with Gasteiger partial charge in [0.05, 0.1) is 13.7 Å². The molecule has 0 radical (unpaired) electrons. The highest BCUT2D eigenvalue weighted by Gasteiger charge is 2.18. The number of aromatic nitrogens is 1. The molecule has 0 aliphatic carbocycles. The highest BCUT2D eigenvalue weighted by atomic mass is 16.5. The molecule has 0 saturated heterocycles. The molecular weight excluding hydrogens is 332 g/mol. The molecule has 2 N–H and O–H groups in total. The first-order chi connectivity index (χ1) is 12.7. The van der Waals surface area contributed by atoms with Crippen molar-refractivity contribution in [3.05, 3.63) is 54.2 Å². The fourth-order valence-electron chi connectivity index (χ4n) is 2.70. The van der Waals surface area contributed by atoms with Crippen LogP contribution in [0.1, 0.15) is 5.69 Å². The Morgan fingerprint density at radius 2 is 1.92 bits per heavy atom. The van der Waals surface area contributed by atoms with E-state index in [9.17, 15) is 10.4 Å². The minimum absolute atomic E-state index is 0.125. The quantitative estimate of drug-likeness (QED) is 0.709. The van der Waals surface area contributed by atoms with Gasteiger partial charge in [0.2, 0.25) is 5.88 Å². The van der Waals surface area contributed by atoms with Gasteiger partial charge >= 0.3 is 0 Å². The molecule has 132 valence electrons. The summed E-state index contributed by atoms with van der Waals surface area (Å²) in [6, 6.07) is 17.0. The third-order valence-corrected chi connectivity index (χ3v) is 3.97. The lowest BCUT2D eigenvalue weighted by atomic mass is 9.97. The van der Waals surface area contributed by atoms with Crippen LogP contribution in [0.5, 0.6) is 11.6 Å². The van der Waals surface area contributed by atoms with Crippen LogP contribution in [0.25, 0.3) is 21.9 Å². The summed E-state index contributed by atoms with van der Waals surface area (Å²) < 4.78 is 10.9. The number of aliphatic hydroxyl groups is 2. The first kappa shape index (κ1) is 17.7. The molecule has 26 heavy (non-hydrogen) atoms. The highest BCUT2D eigenvalue weighted by molar-refractivity contribution is 6.01. The molecule has 3 rings (SSSR count). The van der Waals surface area contributed by atoms with Crippen molar-refractivity contribution < 1.29 is 19.7 Å². The Kier molecular flexibility index (Phi) is 5.32. The van der Waals surface area contributed by atoms with Gasteiger partial charge in [0.15, 0.2) is 5.69 Å². The Morgan fingerprint density at radius 1 is 1.15 bits per heavy atom. The normalized spacial score (nSPS) is 11.8. The number of methoxy groups -OCH3 is 1. The van der Waals surface area contributed by atoms with Crippen molar-refractivity contribution >= 4 is 10.8 Å². The van der Waals surface area contributed by atoms with Gasteiger partial charge in [-0.3, -0.25) is 0 Å². The molecule has 0 spiro atoms. The second-order valence-corrected chi connectivity index (χ2v) is 5.68.